The topological polar surface area (TPSA) is 74.5 Å². The number of amides is 1. The van der Waals surface area contributed by atoms with Crippen LogP contribution in [0.4, 0.5) is 0 Å². The minimum absolute atomic E-state index is 0.132. The average Bonchev–Trinajstić information content (AvgIpc) is 3.05. The predicted octanol–water partition coefficient (Wildman–Crippen LogP) is 2.54. The van der Waals surface area contributed by atoms with Gasteiger partial charge in [0.15, 0.2) is 6.61 Å². The maximum absolute atomic E-state index is 11.6. The van der Waals surface area contributed by atoms with Crippen molar-refractivity contribution in [1.29, 1.82) is 5.26 Å². The van der Waals surface area contributed by atoms with Gasteiger partial charge in [0.1, 0.15) is 5.75 Å². The minimum Gasteiger partial charge on any atom is -0.484 e. The Hall–Kier alpha value is -2.65. The second-order valence-electron chi connectivity index (χ2n) is 4.13. The van der Waals surface area contributed by atoms with Gasteiger partial charge in [0.2, 0.25) is 0 Å². The zero-order valence-electron chi connectivity index (χ0n) is 11.4. The van der Waals surface area contributed by atoms with Crippen LogP contribution in [-0.2, 0) is 4.79 Å². The molecule has 0 saturated carbocycles. The maximum atomic E-state index is 11.6. The molecule has 0 fully saturated rings. The molecule has 106 valence electrons. The van der Waals surface area contributed by atoms with Gasteiger partial charge < -0.3 is 4.74 Å². The van der Waals surface area contributed by atoms with Gasteiger partial charge in [-0.2, -0.15) is 10.4 Å². The molecular formula is C15H13N3O2S. The number of ether oxygens (including phenoxy) is 1. The third kappa shape index (κ3) is 4.44. The lowest BCUT2D eigenvalue weighted by atomic mass is 10.2. The van der Waals surface area contributed by atoms with E-state index in [2.05, 4.69) is 10.5 Å². The first-order chi connectivity index (χ1) is 10.2. The lowest BCUT2D eigenvalue weighted by molar-refractivity contribution is -0.123. The number of rotatable bonds is 5. The Kier molecular flexibility index (Phi) is 5.07. The molecule has 1 aromatic carbocycles. The van der Waals surface area contributed by atoms with E-state index in [4.69, 9.17) is 10.00 Å². The van der Waals surface area contributed by atoms with Crippen LogP contribution in [-0.4, -0.2) is 18.2 Å². The molecule has 0 radical (unpaired) electrons. The standard InChI is InChI=1S/C15H13N3O2S/c1-11(14-3-2-8-21-14)17-18-15(19)10-20-13-6-4-12(9-16)5-7-13/h2-8H,10H2,1H3,(H,18,19)/b17-11+. The lowest BCUT2D eigenvalue weighted by Crippen LogP contribution is -2.25. The van der Waals surface area contributed by atoms with Crippen molar-refractivity contribution in [2.45, 2.75) is 6.92 Å². The molecule has 1 amide bonds. The number of nitrogens with one attached hydrogen (secondary N) is 1. The highest BCUT2D eigenvalue weighted by Gasteiger charge is 2.03. The summed E-state index contributed by atoms with van der Waals surface area (Å²) in [4.78, 5) is 12.6. The molecule has 0 atom stereocenters. The largest absolute Gasteiger partial charge is 0.484 e. The second kappa shape index (κ2) is 7.22. The molecule has 0 aliphatic heterocycles. The molecule has 2 rings (SSSR count). The number of carbonyl (C=O) groups is 1. The Bertz CT molecular complexity index is 670. The van der Waals surface area contributed by atoms with E-state index in [9.17, 15) is 4.79 Å². The molecule has 2 aromatic rings. The summed E-state index contributed by atoms with van der Waals surface area (Å²) in [6.07, 6.45) is 0. The molecule has 5 nitrogen and oxygen atoms in total. The molecule has 1 N–H and O–H groups in total. The summed E-state index contributed by atoms with van der Waals surface area (Å²) < 4.78 is 5.30. The molecule has 6 heteroatoms. The number of hydrogen-bond donors (Lipinski definition) is 1. The number of nitriles is 1. The number of hydrogen-bond acceptors (Lipinski definition) is 5. The van der Waals surface area contributed by atoms with Crippen molar-refractivity contribution in [3.63, 3.8) is 0 Å². The summed E-state index contributed by atoms with van der Waals surface area (Å²) in [6, 6.07) is 12.4. The van der Waals surface area contributed by atoms with Crippen LogP contribution in [0.1, 0.15) is 17.4 Å². The maximum Gasteiger partial charge on any atom is 0.277 e. The van der Waals surface area contributed by atoms with E-state index in [1.807, 2.05) is 30.5 Å². The van der Waals surface area contributed by atoms with Crippen LogP contribution in [0.15, 0.2) is 46.9 Å². The van der Waals surface area contributed by atoms with Gasteiger partial charge in [0.25, 0.3) is 5.91 Å². The van der Waals surface area contributed by atoms with Gasteiger partial charge >= 0.3 is 0 Å². The molecule has 0 unspecified atom stereocenters. The molecule has 1 heterocycles. The van der Waals surface area contributed by atoms with Crippen molar-refractivity contribution in [2.24, 2.45) is 5.10 Å². The van der Waals surface area contributed by atoms with E-state index in [0.29, 0.717) is 11.3 Å². The molecule has 0 saturated heterocycles. The van der Waals surface area contributed by atoms with E-state index in [1.165, 1.54) is 0 Å². The molecule has 0 bridgehead atoms. The molecular weight excluding hydrogens is 286 g/mol. The van der Waals surface area contributed by atoms with Gasteiger partial charge in [-0.3, -0.25) is 4.79 Å². The Morgan fingerprint density at radius 2 is 2.14 bits per heavy atom. The summed E-state index contributed by atoms with van der Waals surface area (Å²) in [5, 5.41) is 14.6. The first-order valence-electron chi connectivity index (χ1n) is 6.19. The summed E-state index contributed by atoms with van der Waals surface area (Å²) in [5.41, 5.74) is 3.73. The Morgan fingerprint density at radius 3 is 2.76 bits per heavy atom. The SMILES string of the molecule is C/C(=N\NC(=O)COc1ccc(C#N)cc1)c1cccs1. The minimum atomic E-state index is -0.338. The van der Waals surface area contributed by atoms with Crippen LogP contribution in [0.2, 0.25) is 0 Å². The van der Waals surface area contributed by atoms with Crippen molar-refractivity contribution in [1.82, 2.24) is 5.43 Å². The number of hydrazone groups is 1. The fourth-order valence-electron chi connectivity index (χ4n) is 1.49. The monoisotopic (exact) mass is 299 g/mol. The quantitative estimate of drug-likeness (QED) is 0.681. The molecule has 0 aliphatic rings. The van der Waals surface area contributed by atoms with E-state index in [-0.39, 0.29) is 12.5 Å². The van der Waals surface area contributed by atoms with Gasteiger partial charge in [-0.25, -0.2) is 5.43 Å². The third-order valence-electron chi connectivity index (χ3n) is 2.58. The molecule has 0 spiro atoms. The van der Waals surface area contributed by atoms with Crippen molar-refractivity contribution in [2.75, 3.05) is 6.61 Å². The fraction of sp³-hybridized carbons (Fsp3) is 0.133. The zero-order chi connectivity index (χ0) is 15.1. The summed E-state index contributed by atoms with van der Waals surface area (Å²) in [6.45, 7) is 1.70. The lowest BCUT2D eigenvalue weighted by Gasteiger charge is -2.05. The number of benzene rings is 1. The highest BCUT2D eigenvalue weighted by atomic mass is 32.1. The van der Waals surface area contributed by atoms with Gasteiger partial charge in [-0.15, -0.1) is 11.3 Å². The Morgan fingerprint density at radius 1 is 1.38 bits per heavy atom. The van der Waals surface area contributed by atoms with Crippen LogP contribution in [0.5, 0.6) is 5.75 Å². The zero-order valence-corrected chi connectivity index (χ0v) is 12.2. The Labute approximate surface area is 126 Å². The molecule has 1 aromatic heterocycles. The van der Waals surface area contributed by atoms with Crippen LogP contribution >= 0.6 is 11.3 Å². The van der Waals surface area contributed by atoms with Gasteiger partial charge in [-0.1, -0.05) is 6.07 Å². The second-order valence-corrected chi connectivity index (χ2v) is 5.08. The van der Waals surface area contributed by atoms with E-state index in [1.54, 1.807) is 35.6 Å². The van der Waals surface area contributed by atoms with Gasteiger partial charge in [-0.05, 0) is 42.6 Å². The van der Waals surface area contributed by atoms with Crippen molar-refractivity contribution in [3.05, 3.63) is 52.2 Å². The first-order valence-corrected chi connectivity index (χ1v) is 7.07. The van der Waals surface area contributed by atoms with Crippen LogP contribution in [0.25, 0.3) is 0 Å². The smallest absolute Gasteiger partial charge is 0.277 e. The summed E-state index contributed by atoms with van der Waals surface area (Å²) in [7, 11) is 0. The van der Waals surface area contributed by atoms with Gasteiger partial charge in [0.05, 0.1) is 17.3 Å². The molecule has 0 aliphatic carbocycles. The van der Waals surface area contributed by atoms with Crippen molar-refractivity contribution in [3.8, 4) is 11.8 Å². The highest BCUT2D eigenvalue weighted by molar-refractivity contribution is 7.12. The van der Waals surface area contributed by atoms with Crippen LogP contribution in [0.3, 0.4) is 0 Å². The predicted molar refractivity (Wildman–Crippen MR) is 81.3 cm³/mol. The van der Waals surface area contributed by atoms with E-state index in [0.717, 1.165) is 10.6 Å². The summed E-state index contributed by atoms with van der Waals surface area (Å²) in [5.74, 6) is 0.193. The fourth-order valence-corrected chi connectivity index (χ4v) is 2.17. The van der Waals surface area contributed by atoms with E-state index < -0.39 is 0 Å². The normalized spacial score (nSPS) is 10.8. The van der Waals surface area contributed by atoms with E-state index >= 15 is 0 Å². The summed E-state index contributed by atoms with van der Waals surface area (Å²) >= 11 is 1.56. The number of thiophene rings is 1. The highest BCUT2D eigenvalue weighted by Crippen LogP contribution is 2.11. The van der Waals surface area contributed by atoms with Crippen LogP contribution < -0.4 is 10.2 Å². The number of nitrogens with zero attached hydrogens (tertiary/aromatic N) is 2. The van der Waals surface area contributed by atoms with Crippen molar-refractivity contribution < 1.29 is 9.53 Å². The van der Waals surface area contributed by atoms with Gasteiger partial charge in [0, 0.05) is 4.88 Å². The van der Waals surface area contributed by atoms with Crippen LogP contribution in [0, 0.1) is 11.3 Å². The number of carbonyl (C=O) groups excluding carboxylic acids is 1. The van der Waals surface area contributed by atoms with Crippen molar-refractivity contribution >= 4 is 23.0 Å². The average molecular weight is 299 g/mol. The first kappa shape index (κ1) is 14.8. The third-order valence-corrected chi connectivity index (χ3v) is 3.56. The molecule has 21 heavy (non-hydrogen) atoms. The Balaban J connectivity index is 1.82.